The molecular weight excluding hydrogens is 253 g/mol. The smallest absolute Gasteiger partial charge is 0.126 e. The van der Waals surface area contributed by atoms with Crippen LogP contribution in [0.15, 0.2) is 18.2 Å². The summed E-state index contributed by atoms with van der Waals surface area (Å²) in [4.78, 5) is 2.46. The second-order valence-electron chi connectivity index (χ2n) is 6.42. The summed E-state index contributed by atoms with van der Waals surface area (Å²) in [5.41, 5.74) is 1.22. The fraction of sp³-hybridized carbons (Fsp3) is 0.647. The molecule has 3 rings (SSSR count). The first-order valence-electron chi connectivity index (χ1n) is 7.83. The predicted molar refractivity (Wildman–Crippen MR) is 78.1 cm³/mol. The molecule has 1 N–H and O–H groups in total. The van der Waals surface area contributed by atoms with Gasteiger partial charge in [-0.2, -0.15) is 0 Å². The largest absolute Gasteiger partial charge is 0.386 e. The summed E-state index contributed by atoms with van der Waals surface area (Å²) in [7, 11) is 0. The van der Waals surface area contributed by atoms with E-state index >= 15 is 0 Å². The summed E-state index contributed by atoms with van der Waals surface area (Å²) >= 11 is 0. The Hall–Kier alpha value is -0.930. The molecule has 20 heavy (non-hydrogen) atoms. The summed E-state index contributed by atoms with van der Waals surface area (Å²) in [6, 6.07) is 5.19. The van der Waals surface area contributed by atoms with Gasteiger partial charge in [0.1, 0.15) is 5.82 Å². The van der Waals surface area contributed by atoms with Crippen molar-refractivity contribution in [3.8, 4) is 0 Å². The molecule has 1 aliphatic heterocycles. The molecule has 1 heterocycles. The van der Waals surface area contributed by atoms with Gasteiger partial charge in [-0.25, -0.2) is 4.39 Å². The minimum Gasteiger partial charge on any atom is -0.386 e. The Kier molecular flexibility index (Phi) is 3.83. The Labute approximate surface area is 120 Å². The molecular formula is C17H24FNO. The molecule has 0 radical (unpaired) electrons. The SMILES string of the molecule is Cc1ccc(C(O)C2(N3CCCC3)CCCC2)cc1F. The highest BCUT2D eigenvalue weighted by Gasteiger charge is 2.46. The van der Waals surface area contributed by atoms with Gasteiger partial charge in [0.25, 0.3) is 0 Å². The van der Waals surface area contributed by atoms with Crippen molar-refractivity contribution in [2.45, 2.75) is 57.1 Å². The van der Waals surface area contributed by atoms with Gasteiger partial charge in [-0.3, -0.25) is 4.90 Å². The zero-order valence-electron chi connectivity index (χ0n) is 12.2. The van der Waals surface area contributed by atoms with Gasteiger partial charge in [-0.1, -0.05) is 25.0 Å². The molecule has 2 nitrogen and oxygen atoms in total. The van der Waals surface area contributed by atoms with E-state index in [-0.39, 0.29) is 11.4 Å². The number of rotatable bonds is 3. The second-order valence-corrected chi connectivity index (χ2v) is 6.42. The molecule has 0 spiro atoms. The van der Waals surface area contributed by atoms with E-state index in [0.717, 1.165) is 31.5 Å². The first kappa shape index (κ1) is 14.0. The molecule has 1 unspecified atom stereocenters. The highest BCUT2D eigenvalue weighted by molar-refractivity contribution is 5.28. The van der Waals surface area contributed by atoms with Gasteiger partial charge in [-0.15, -0.1) is 0 Å². The lowest BCUT2D eigenvalue weighted by atomic mass is 9.84. The third-order valence-electron chi connectivity index (χ3n) is 5.23. The fourth-order valence-electron chi connectivity index (χ4n) is 4.00. The number of benzene rings is 1. The van der Waals surface area contributed by atoms with Crippen molar-refractivity contribution in [2.75, 3.05) is 13.1 Å². The molecule has 1 saturated carbocycles. The molecule has 0 amide bonds. The van der Waals surface area contributed by atoms with Gasteiger partial charge in [0.2, 0.25) is 0 Å². The van der Waals surface area contributed by atoms with E-state index in [9.17, 15) is 9.50 Å². The summed E-state index contributed by atoms with van der Waals surface area (Å²) in [5.74, 6) is -0.212. The van der Waals surface area contributed by atoms with E-state index in [1.165, 1.54) is 31.7 Å². The normalized spacial score (nSPS) is 24.1. The topological polar surface area (TPSA) is 23.5 Å². The van der Waals surface area contributed by atoms with Gasteiger partial charge in [-0.05, 0) is 62.9 Å². The number of hydrogen-bond donors (Lipinski definition) is 1. The van der Waals surface area contributed by atoms with E-state index in [2.05, 4.69) is 4.90 Å². The van der Waals surface area contributed by atoms with Crippen LogP contribution in [-0.4, -0.2) is 28.6 Å². The maximum atomic E-state index is 13.8. The minimum absolute atomic E-state index is 0.155. The van der Waals surface area contributed by atoms with Crippen LogP contribution in [0.5, 0.6) is 0 Å². The van der Waals surface area contributed by atoms with Gasteiger partial charge in [0, 0.05) is 0 Å². The Balaban J connectivity index is 1.92. The standard InChI is InChI=1S/C17H24FNO/c1-13-6-7-14(12-15(13)18)16(20)17(8-2-3-9-17)19-10-4-5-11-19/h6-7,12,16,20H,2-5,8-11H2,1H3. The van der Waals surface area contributed by atoms with Gasteiger partial charge in [0.05, 0.1) is 11.6 Å². The molecule has 1 aromatic carbocycles. The van der Waals surface area contributed by atoms with Crippen LogP contribution < -0.4 is 0 Å². The number of hydrogen-bond acceptors (Lipinski definition) is 2. The predicted octanol–water partition coefficient (Wildman–Crippen LogP) is 3.58. The lowest BCUT2D eigenvalue weighted by Gasteiger charge is -2.43. The van der Waals surface area contributed by atoms with Crippen LogP contribution in [0.4, 0.5) is 4.39 Å². The van der Waals surface area contributed by atoms with Crippen LogP contribution in [-0.2, 0) is 0 Å². The van der Waals surface area contributed by atoms with Crippen molar-refractivity contribution in [1.29, 1.82) is 0 Å². The van der Waals surface area contributed by atoms with Crippen molar-refractivity contribution in [1.82, 2.24) is 4.90 Å². The van der Waals surface area contributed by atoms with E-state index in [0.29, 0.717) is 5.56 Å². The quantitative estimate of drug-likeness (QED) is 0.913. The average Bonchev–Trinajstić information content (AvgIpc) is 3.12. The lowest BCUT2D eigenvalue weighted by Crippen LogP contribution is -2.49. The number of halogens is 1. The minimum atomic E-state index is -0.571. The molecule has 2 aliphatic rings. The molecule has 1 aromatic rings. The van der Waals surface area contributed by atoms with Crippen molar-refractivity contribution >= 4 is 0 Å². The molecule has 3 heteroatoms. The molecule has 1 saturated heterocycles. The highest BCUT2D eigenvalue weighted by atomic mass is 19.1. The average molecular weight is 277 g/mol. The van der Waals surface area contributed by atoms with Crippen molar-refractivity contribution in [3.05, 3.63) is 35.1 Å². The summed E-state index contributed by atoms with van der Waals surface area (Å²) in [5, 5.41) is 10.9. The zero-order chi connectivity index (χ0) is 14.2. The lowest BCUT2D eigenvalue weighted by molar-refractivity contribution is -0.0197. The van der Waals surface area contributed by atoms with Crippen LogP contribution in [0, 0.1) is 12.7 Å². The maximum Gasteiger partial charge on any atom is 0.126 e. The Morgan fingerprint density at radius 1 is 1.15 bits per heavy atom. The first-order valence-corrected chi connectivity index (χ1v) is 7.83. The molecule has 1 aliphatic carbocycles. The fourth-order valence-corrected chi connectivity index (χ4v) is 4.00. The Morgan fingerprint density at radius 3 is 2.40 bits per heavy atom. The van der Waals surface area contributed by atoms with Crippen LogP contribution in [0.3, 0.4) is 0 Å². The first-order chi connectivity index (χ1) is 9.63. The molecule has 0 bridgehead atoms. The van der Waals surface area contributed by atoms with E-state index < -0.39 is 6.10 Å². The molecule has 110 valence electrons. The van der Waals surface area contributed by atoms with Crippen molar-refractivity contribution in [2.24, 2.45) is 0 Å². The second kappa shape index (κ2) is 5.45. The zero-order valence-corrected chi connectivity index (χ0v) is 12.2. The monoisotopic (exact) mass is 277 g/mol. The summed E-state index contributed by atoms with van der Waals surface area (Å²) < 4.78 is 13.8. The molecule has 1 atom stereocenters. The number of likely N-dealkylation sites (tertiary alicyclic amines) is 1. The maximum absolute atomic E-state index is 13.8. The van der Waals surface area contributed by atoms with Crippen LogP contribution >= 0.6 is 0 Å². The Bertz CT molecular complexity index is 476. The third-order valence-corrected chi connectivity index (χ3v) is 5.23. The highest BCUT2D eigenvalue weighted by Crippen LogP contribution is 2.46. The number of aliphatic hydroxyl groups is 1. The molecule has 0 aromatic heterocycles. The van der Waals surface area contributed by atoms with Gasteiger partial charge >= 0.3 is 0 Å². The van der Waals surface area contributed by atoms with E-state index in [1.807, 2.05) is 6.07 Å². The Morgan fingerprint density at radius 2 is 1.80 bits per heavy atom. The van der Waals surface area contributed by atoms with Crippen molar-refractivity contribution in [3.63, 3.8) is 0 Å². The molecule has 2 fully saturated rings. The summed E-state index contributed by atoms with van der Waals surface area (Å²) in [6.45, 7) is 3.91. The number of aryl methyl sites for hydroxylation is 1. The number of aliphatic hydroxyl groups excluding tert-OH is 1. The van der Waals surface area contributed by atoms with Crippen LogP contribution in [0.2, 0.25) is 0 Å². The third kappa shape index (κ3) is 2.27. The van der Waals surface area contributed by atoms with Gasteiger partial charge < -0.3 is 5.11 Å². The van der Waals surface area contributed by atoms with Crippen molar-refractivity contribution < 1.29 is 9.50 Å². The number of nitrogens with zero attached hydrogens (tertiary/aromatic N) is 1. The van der Waals surface area contributed by atoms with Crippen LogP contribution in [0.25, 0.3) is 0 Å². The van der Waals surface area contributed by atoms with E-state index in [4.69, 9.17) is 0 Å². The van der Waals surface area contributed by atoms with Gasteiger partial charge in [0.15, 0.2) is 0 Å². The van der Waals surface area contributed by atoms with E-state index in [1.54, 1.807) is 13.0 Å². The van der Waals surface area contributed by atoms with Crippen LogP contribution in [0.1, 0.15) is 55.8 Å². The summed E-state index contributed by atoms with van der Waals surface area (Å²) in [6.07, 6.45) is 6.27.